The average Bonchev–Trinajstić information content (AvgIpc) is 3.04. The molecule has 0 spiro atoms. The Bertz CT molecular complexity index is 707. The highest BCUT2D eigenvalue weighted by atomic mass is 15.6. The van der Waals surface area contributed by atoms with E-state index in [0.717, 1.165) is 24.3 Å². The summed E-state index contributed by atoms with van der Waals surface area (Å²) in [5.74, 6) is 1.26. The molecule has 2 aromatic heterocycles. The summed E-state index contributed by atoms with van der Waals surface area (Å²) in [4.78, 5) is 5.98. The van der Waals surface area contributed by atoms with E-state index in [1.165, 1.54) is 4.80 Å². The number of nitrogens with zero attached hydrogens (tertiary/aromatic N) is 5. The first-order valence-electron chi connectivity index (χ1n) is 6.89. The van der Waals surface area contributed by atoms with Crippen LogP contribution in [0.25, 0.3) is 17.2 Å². The highest BCUT2D eigenvalue weighted by molar-refractivity contribution is 5.53. The molecule has 106 valence electrons. The van der Waals surface area contributed by atoms with Crippen molar-refractivity contribution in [2.24, 2.45) is 0 Å². The first-order chi connectivity index (χ1) is 10.4. The van der Waals surface area contributed by atoms with Gasteiger partial charge in [0, 0.05) is 12.1 Å². The van der Waals surface area contributed by atoms with Gasteiger partial charge in [-0.1, -0.05) is 43.3 Å². The fourth-order valence-corrected chi connectivity index (χ4v) is 1.94. The molecule has 0 amide bonds. The summed E-state index contributed by atoms with van der Waals surface area (Å²) in [6.45, 7) is 3.70. The second-order valence-electron chi connectivity index (χ2n) is 4.54. The quantitative estimate of drug-likeness (QED) is 0.772. The van der Waals surface area contributed by atoms with Gasteiger partial charge in [-0.05, 0) is 23.9 Å². The summed E-state index contributed by atoms with van der Waals surface area (Å²) < 4.78 is 0. The molecule has 0 aliphatic heterocycles. The van der Waals surface area contributed by atoms with Gasteiger partial charge < -0.3 is 5.32 Å². The molecule has 1 N–H and O–H groups in total. The van der Waals surface area contributed by atoms with Crippen molar-refractivity contribution in [1.82, 2.24) is 30.5 Å². The van der Waals surface area contributed by atoms with Gasteiger partial charge in [0.15, 0.2) is 5.82 Å². The smallest absolute Gasteiger partial charge is 0.205 e. The Morgan fingerprint density at radius 1 is 1.05 bits per heavy atom. The monoisotopic (exact) mass is 280 g/mol. The number of aromatic nitrogens is 5. The molecule has 3 aromatic rings. The maximum Gasteiger partial charge on any atom is 0.205 e. The third kappa shape index (κ3) is 3.11. The average molecular weight is 280 g/mol. The number of hydrogen-bond donors (Lipinski definition) is 1. The second-order valence-corrected chi connectivity index (χ2v) is 4.54. The predicted octanol–water partition coefficient (Wildman–Crippen LogP) is 1.83. The van der Waals surface area contributed by atoms with Crippen molar-refractivity contribution in [2.45, 2.75) is 13.5 Å². The van der Waals surface area contributed by atoms with Crippen molar-refractivity contribution in [1.29, 1.82) is 0 Å². The van der Waals surface area contributed by atoms with Crippen molar-refractivity contribution < 1.29 is 0 Å². The number of nitrogens with one attached hydrogen (secondary N) is 1. The zero-order valence-corrected chi connectivity index (χ0v) is 11.8. The van der Waals surface area contributed by atoms with Gasteiger partial charge in [-0.3, -0.25) is 0 Å². The Labute approximate surface area is 122 Å². The SMILES string of the molecule is CCNCc1cccc(-n2nnc(-c3ccccc3)n2)n1. The van der Waals surface area contributed by atoms with Gasteiger partial charge in [0.1, 0.15) is 0 Å². The van der Waals surface area contributed by atoms with Crippen LogP contribution in [0.5, 0.6) is 0 Å². The van der Waals surface area contributed by atoms with Crippen LogP contribution in [0.4, 0.5) is 0 Å². The van der Waals surface area contributed by atoms with E-state index in [4.69, 9.17) is 0 Å². The molecule has 0 saturated heterocycles. The van der Waals surface area contributed by atoms with Gasteiger partial charge >= 0.3 is 0 Å². The van der Waals surface area contributed by atoms with Crippen LogP contribution in [0, 0.1) is 0 Å². The molecule has 2 heterocycles. The van der Waals surface area contributed by atoms with Crippen LogP contribution in [0.3, 0.4) is 0 Å². The summed E-state index contributed by atoms with van der Waals surface area (Å²) in [5, 5.41) is 15.8. The van der Waals surface area contributed by atoms with Crippen LogP contribution in [-0.4, -0.2) is 31.7 Å². The Balaban J connectivity index is 1.86. The van der Waals surface area contributed by atoms with E-state index in [-0.39, 0.29) is 0 Å². The predicted molar refractivity (Wildman–Crippen MR) is 79.8 cm³/mol. The molecule has 0 radical (unpaired) electrons. The molecule has 0 atom stereocenters. The van der Waals surface area contributed by atoms with Gasteiger partial charge in [0.05, 0.1) is 5.69 Å². The molecule has 6 heteroatoms. The molecule has 0 bridgehead atoms. The van der Waals surface area contributed by atoms with Crippen molar-refractivity contribution in [3.63, 3.8) is 0 Å². The van der Waals surface area contributed by atoms with Gasteiger partial charge in [-0.2, -0.15) is 0 Å². The van der Waals surface area contributed by atoms with Gasteiger partial charge in [-0.25, -0.2) is 4.98 Å². The molecule has 0 aliphatic carbocycles. The largest absolute Gasteiger partial charge is 0.311 e. The lowest BCUT2D eigenvalue weighted by atomic mass is 10.2. The molecule has 0 aliphatic rings. The van der Waals surface area contributed by atoms with Crippen molar-refractivity contribution in [2.75, 3.05) is 6.54 Å². The molecule has 0 saturated carbocycles. The molecular formula is C15H16N6. The summed E-state index contributed by atoms with van der Waals surface area (Å²) in [6.07, 6.45) is 0. The fourth-order valence-electron chi connectivity index (χ4n) is 1.94. The fraction of sp³-hybridized carbons (Fsp3) is 0.200. The third-order valence-electron chi connectivity index (χ3n) is 3.00. The van der Waals surface area contributed by atoms with Gasteiger partial charge in [0.2, 0.25) is 5.82 Å². The van der Waals surface area contributed by atoms with Crippen LogP contribution in [0.1, 0.15) is 12.6 Å². The lowest BCUT2D eigenvalue weighted by molar-refractivity contribution is 0.675. The summed E-state index contributed by atoms with van der Waals surface area (Å²) >= 11 is 0. The van der Waals surface area contributed by atoms with Crippen molar-refractivity contribution >= 4 is 0 Å². The molecular weight excluding hydrogens is 264 g/mol. The van der Waals surface area contributed by atoms with E-state index in [9.17, 15) is 0 Å². The van der Waals surface area contributed by atoms with Crippen LogP contribution in [-0.2, 0) is 6.54 Å². The highest BCUT2D eigenvalue weighted by Crippen LogP contribution is 2.13. The Kier molecular flexibility index (Phi) is 3.97. The number of tetrazole rings is 1. The lowest BCUT2D eigenvalue weighted by Crippen LogP contribution is -2.14. The maximum absolute atomic E-state index is 4.52. The minimum atomic E-state index is 0.592. The molecule has 6 nitrogen and oxygen atoms in total. The van der Waals surface area contributed by atoms with E-state index >= 15 is 0 Å². The summed E-state index contributed by atoms with van der Waals surface area (Å²) in [7, 11) is 0. The molecule has 1 aromatic carbocycles. The van der Waals surface area contributed by atoms with Crippen LogP contribution in [0.2, 0.25) is 0 Å². The zero-order chi connectivity index (χ0) is 14.5. The normalized spacial score (nSPS) is 10.7. The van der Waals surface area contributed by atoms with E-state index < -0.39 is 0 Å². The zero-order valence-electron chi connectivity index (χ0n) is 11.8. The maximum atomic E-state index is 4.52. The third-order valence-corrected chi connectivity index (χ3v) is 3.00. The molecule has 3 rings (SSSR count). The number of hydrogen-bond acceptors (Lipinski definition) is 5. The minimum Gasteiger partial charge on any atom is -0.311 e. The van der Waals surface area contributed by atoms with E-state index in [1.807, 2.05) is 48.5 Å². The minimum absolute atomic E-state index is 0.592. The van der Waals surface area contributed by atoms with E-state index in [2.05, 4.69) is 32.6 Å². The number of rotatable bonds is 5. The summed E-state index contributed by atoms with van der Waals surface area (Å²) in [6, 6.07) is 15.6. The standard InChI is InChI=1S/C15H16N6/c1-2-16-11-13-9-6-10-14(17-13)21-19-15(18-20-21)12-7-4-3-5-8-12/h3-10,16H,2,11H2,1H3. The van der Waals surface area contributed by atoms with Crippen LogP contribution in [0.15, 0.2) is 48.5 Å². The Morgan fingerprint density at radius 3 is 2.71 bits per heavy atom. The van der Waals surface area contributed by atoms with Gasteiger partial charge in [-0.15, -0.1) is 15.0 Å². The Morgan fingerprint density at radius 2 is 1.90 bits per heavy atom. The van der Waals surface area contributed by atoms with Gasteiger partial charge in [0.25, 0.3) is 0 Å². The molecule has 0 fully saturated rings. The van der Waals surface area contributed by atoms with E-state index in [1.54, 1.807) is 0 Å². The van der Waals surface area contributed by atoms with Crippen molar-refractivity contribution in [3.05, 3.63) is 54.2 Å². The molecule has 21 heavy (non-hydrogen) atoms. The first-order valence-corrected chi connectivity index (χ1v) is 6.89. The van der Waals surface area contributed by atoms with Crippen molar-refractivity contribution in [3.8, 4) is 17.2 Å². The van der Waals surface area contributed by atoms with Crippen LogP contribution >= 0.6 is 0 Å². The lowest BCUT2D eigenvalue weighted by Gasteiger charge is -2.03. The van der Waals surface area contributed by atoms with Crippen LogP contribution < -0.4 is 5.32 Å². The second kappa shape index (κ2) is 6.23. The number of pyridine rings is 1. The molecule has 0 unspecified atom stereocenters. The number of benzene rings is 1. The summed E-state index contributed by atoms with van der Waals surface area (Å²) in [5.41, 5.74) is 1.89. The Hall–Kier alpha value is -2.60. The highest BCUT2D eigenvalue weighted by Gasteiger charge is 2.08. The topological polar surface area (TPSA) is 68.5 Å². The van der Waals surface area contributed by atoms with E-state index in [0.29, 0.717) is 11.6 Å². The first kappa shape index (κ1) is 13.4.